The maximum absolute atomic E-state index is 10.3. The molecule has 0 aromatic heterocycles. The van der Waals surface area contributed by atoms with Gasteiger partial charge in [0.25, 0.3) is 5.69 Å². The Hall–Kier alpha value is -1.68. The Bertz CT molecular complexity index is 341. The SMILES string of the molecule is C[C@@H](O)/C=C/c1ccc([N+](=O)[O-])cc1. The van der Waals surface area contributed by atoms with Gasteiger partial charge in [-0.05, 0) is 24.6 Å². The van der Waals surface area contributed by atoms with E-state index < -0.39 is 11.0 Å². The second kappa shape index (κ2) is 4.53. The Kier molecular flexibility index (Phi) is 3.36. The fourth-order valence-corrected chi connectivity index (χ4v) is 0.958. The van der Waals surface area contributed by atoms with Gasteiger partial charge >= 0.3 is 0 Å². The molecule has 14 heavy (non-hydrogen) atoms. The molecule has 0 unspecified atom stereocenters. The van der Waals surface area contributed by atoms with Crippen molar-refractivity contribution in [3.8, 4) is 0 Å². The van der Waals surface area contributed by atoms with Gasteiger partial charge in [0.2, 0.25) is 0 Å². The van der Waals surface area contributed by atoms with Crippen molar-refractivity contribution < 1.29 is 10.0 Å². The Morgan fingerprint density at radius 1 is 1.43 bits per heavy atom. The van der Waals surface area contributed by atoms with Crippen molar-refractivity contribution in [1.82, 2.24) is 0 Å². The first-order valence-corrected chi connectivity index (χ1v) is 4.20. The van der Waals surface area contributed by atoms with E-state index >= 15 is 0 Å². The number of nitro groups is 1. The Morgan fingerprint density at radius 3 is 2.43 bits per heavy atom. The van der Waals surface area contributed by atoms with Crippen LogP contribution in [0.5, 0.6) is 0 Å². The predicted molar refractivity (Wildman–Crippen MR) is 53.8 cm³/mol. The molecule has 0 amide bonds. The molecule has 1 aromatic rings. The average Bonchev–Trinajstić information content (AvgIpc) is 2.15. The summed E-state index contributed by atoms with van der Waals surface area (Å²) >= 11 is 0. The van der Waals surface area contributed by atoms with E-state index in [2.05, 4.69) is 0 Å². The first-order valence-electron chi connectivity index (χ1n) is 4.20. The highest BCUT2D eigenvalue weighted by Crippen LogP contribution is 2.12. The molecule has 0 heterocycles. The number of nitro benzene ring substituents is 1. The van der Waals surface area contributed by atoms with Crippen molar-refractivity contribution in [2.75, 3.05) is 0 Å². The van der Waals surface area contributed by atoms with Crippen LogP contribution >= 0.6 is 0 Å². The molecule has 0 spiro atoms. The minimum Gasteiger partial charge on any atom is -0.389 e. The van der Waals surface area contributed by atoms with Crippen LogP contribution in [0.15, 0.2) is 30.3 Å². The Balaban J connectivity index is 2.78. The lowest BCUT2D eigenvalue weighted by Gasteiger charge is -1.95. The lowest BCUT2D eigenvalue weighted by Crippen LogP contribution is -1.91. The topological polar surface area (TPSA) is 63.4 Å². The van der Waals surface area contributed by atoms with E-state index in [0.29, 0.717) is 0 Å². The van der Waals surface area contributed by atoms with E-state index in [9.17, 15) is 10.1 Å². The fraction of sp³-hybridized carbons (Fsp3) is 0.200. The molecule has 1 aromatic carbocycles. The third-order valence-corrected chi connectivity index (χ3v) is 1.67. The van der Waals surface area contributed by atoms with E-state index in [-0.39, 0.29) is 5.69 Å². The second-order valence-corrected chi connectivity index (χ2v) is 2.95. The fourth-order valence-electron chi connectivity index (χ4n) is 0.958. The normalized spacial score (nSPS) is 13.0. The van der Waals surface area contributed by atoms with Gasteiger partial charge in [0.15, 0.2) is 0 Å². The molecule has 4 heteroatoms. The van der Waals surface area contributed by atoms with Gasteiger partial charge in [-0.2, -0.15) is 0 Å². The molecular weight excluding hydrogens is 182 g/mol. The number of rotatable bonds is 3. The van der Waals surface area contributed by atoms with Crippen molar-refractivity contribution >= 4 is 11.8 Å². The largest absolute Gasteiger partial charge is 0.389 e. The van der Waals surface area contributed by atoms with Crippen LogP contribution in [0.2, 0.25) is 0 Å². The molecular formula is C10H11NO3. The molecule has 0 radical (unpaired) electrons. The van der Waals surface area contributed by atoms with Gasteiger partial charge < -0.3 is 5.11 Å². The lowest BCUT2D eigenvalue weighted by molar-refractivity contribution is -0.384. The van der Waals surface area contributed by atoms with Crippen molar-refractivity contribution in [1.29, 1.82) is 0 Å². The van der Waals surface area contributed by atoms with Gasteiger partial charge in [-0.1, -0.05) is 12.2 Å². The molecule has 0 saturated carbocycles. The van der Waals surface area contributed by atoms with E-state index in [1.54, 1.807) is 31.2 Å². The van der Waals surface area contributed by atoms with Gasteiger partial charge in [0.1, 0.15) is 0 Å². The predicted octanol–water partition coefficient (Wildman–Crippen LogP) is 1.99. The highest BCUT2D eigenvalue weighted by Gasteiger charge is 2.01. The summed E-state index contributed by atoms with van der Waals surface area (Å²) in [5.74, 6) is 0. The number of benzene rings is 1. The minimum absolute atomic E-state index is 0.0687. The zero-order valence-electron chi connectivity index (χ0n) is 7.75. The monoisotopic (exact) mass is 193 g/mol. The molecule has 0 aliphatic heterocycles. The molecule has 4 nitrogen and oxygen atoms in total. The van der Waals surface area contributed by atoms with Crippen LogP contribution in [0.4, 0.5) is 5.69 Å². The maximum atomic E-state index is 10.3. The summed E-state index contributed by atoms with van der Waals surface area (Å²) in [6, 6.07) is 6.14. The molecule has 0 aliphatic rings. The van der Waals surface area contributed by atoms with Crippen LogP contribution in [0.3, 0.4) is 0 Å². The van der Waals surface area contributed by atoms with E-state index in [0.717, 1.165) is 5.56 Å². The van der Waals surface area contributed by atoms with Crippen LogP contribution in [0, 0.1) is 10.1 Å². The summed E-state index contributed by atoms with van der Waals surface area (Å²) < 4.78 is 0. The van der Waals surface area contributed by atoms with E-state index in [1.807, 2.05) is 0 Å². The highest BCUT2D eigenvalue weighted by molar-refractivity contribution is 5.52. The Morgan fingerprint density at radius 2 is 2.00 bits per heavy atom. The molecule has 1 rings (SSSR count). The standard InChI is InChI=1S/C10H11NO3/c1-8(12)2-3-9-4-6-10(7-5-9)11(13)14/h2-8,12H,1H3/b3-2+/t8-/m1/s1. The quantitative estimate of drug-likeness (QED) is 0.589. The number of aliphatic hydroxyl groups is 1. The summed E-state index contributed by atoms with van der Waals surface area (Å²) in [6.45, 7) is 1.64. The third kappa shape index (κ3) is 2.99. The van der Waals surface area contributed by atoms with E-state index in [1.165, 1.54) is 12.1 Å². The number of hydrogen-bond acceptors (Lipinski definition) is 3. The summed E-state index contributed by atoms with van der Waals surface area (Å²) in [6.07, 6.45) is 2.82. The van der Waals surface area contributed by atoms with Crippen LogP contribution in [0.1, 0.15) is 12.5 Å². The number of hydrogen-bond donors (Lipinski definition) is 1. The summed E-state index contributed by atoms with van der Waals surface area (Å²) in [5.41, 5.74) is 0.899. The van der Waals surface area contributed by atoms with Gasteiger partial charge in [0, 0.05) is 12.1 Å². The first kappa shape index (κ1) is 10.4. The van der Waals surface area contributed by atoms with Gasteiger partial charge in [-0.3, -0.25) is 10.1 Å². The molecule has 0 saturated heterocycles. The van der Waals surface area contributed by atoms with Crippen molar-refractivity contribution in [3.05, 3.63) is 46.0 Å². The van der Waals surface area contributed by atoms with Crippen LogP contribution in [0.25, 0.3) is 6.08 Å². The molecule has 1 N–H and O–H groups in total. The average molecular weight is 193 g/mol. The smallest absolute Gasteiger partial charge is 0.269 e. The van der Waals surface area contributed by atoms with Crippen LogP contribution < -0.4 is 0 Å². The molecule has 0 bridgehead atoms. The first-order chi connectivity index (χ1) is 6.59. The zero-order valence-corrected chi connectivity index (χ0v) is 7.75. The van der Waals surface area contributed by atoms with Crippen LogP contribution in [-0.4, -0.2) is 16.1 Å². The minimum atomic E-state index is -0.509. The van der Waals surface area contributed by atoms with Crippen molar-refractivity contribution in [3.63, 3.8) is 0 Å². The number of non-ortho nitro benzene ring substituents is 1. The molecule has 1 atom stereocenters. The number of nitrogens with zero attached hydrogens (tertiary/aromatic N) is 1. The summed E-state index contributed by atoms with van der Waals surface area (Å²) in [4.78, 5) is 9.88. The van der Waals surface area contributed by atoms with Crippen molar-refractivity contribution in [2.24, 2.45) is 0 Å². The van der Waals surface area contributed by atoms with Gasteiger partial charge in [0.05, 0.1) is 11.0 Å². The molecule has 0 aliphatic carbocycles. The third-order valence-electron chi connectivity index (χ3n) is 1.67. The van der Waals surface area contributed by atoms with E-state index in [4.69, 9.17) is 5.11 Å². The van der Waals surface area contributed by atoms with Gasteiger partial charge in [-0.15, -0.1) is 0 Å². The Labute approximate surface area is 81.6 Å². The van der Waals surface area contributed by atoms with Crippen molar-refractivity contribution in [2.45, 2.75) is 13.0 Å². The van der Waals surface area contributed by atoms with Gasteiger partial charge in [-0.25, -0.2) is 0 Å². The highest BCUT2D eigenvalue weighted by atomic mass is 16.6. The molecule has 74 valence electrons. The lowest BCUT2D eigenvalue weighted by atomic mass is 10.2. The second-order valence-electron chi connectivity index (χ2n) is 2.95. The molecule has 0 fully saturated rings. The number of aliphatic hydroxyl groups excluding tert-OH is 1. The zero-order chi connectivity index (χ0) is 10.6. The van der Waals surface area contributed by atoms with Crippen LogP contribution in [-0.2, 0) is 0 Å². The maximum Gasteiger partial charge on any atom is 0.269 e. The summed E-state index contributed by atoms with van der Waals surface area (Å²) in [5, 5.41) is 19.3. The summed E-state index contributed by atoms with van der Waals surface area (Å²) in [7, 11) is 0.